The zero-order chi connectivity index (χ0) is 14.7. The zero-order valence-electron chi connectivity index (χ0n) is 13.0. The van der Waals surface area contributed by atoms with Crippen LogP contribution >= 0.6 is 0 Å². The van der Waals surface area contributed by atoms with E-state index in [1.807, 2.05) is 12.3 Å². The van der Waals surface area contributed by atoms with E-state index in [1.54, 1.807) is 7.11 Å². The van der Waals surface area contributed by atoms with E-state index in [9.17, 15) is 0 Å². The second kappa shape index (κ2) is 6.54. The van der Waals surface area contributed by atoms with Crippen LogP contribution in [0, 0.1) is 0 Å². The molecule has 1 saturated heterocycles. The van der Waals surface area contributed by atoms with Crippen LogP contribution < -0.4 is 0 Å². The average Bonchev–Trinajstić information content (AvgIpc) is 3.05. The summed E-state index contributed by atoms with van der Waals surface area (Å²) in [6.07, 6.45) is 6.36. The molecule has 1 aliphatic rings. The molecule has 0 amide bonds. The molecule has 3 heterocycles. The van der Waals surface area contributed by atoms with Crippen molar-refractivity contribution in [3.8, 4) is 0 Å². The molecule has 1 atom stereocenters. The number of nitrogens with zero attached hydrogens (tertiary/aromatic N) is 4. The molecule has 1 fully saturated rings. The summed E-state index contributed by atoms with van der Waals surface area (Å²) in [4.78, 5) is 11.8. The maximum atomic E-state index is 5.17. The van der Waals surface area contributed by atoms with Gasteiger partial charge >= 0.3 is 0 Å². The Kier molecular flexibility index (Phi) is 4.51. The number of likely N-dealkylation sites (tertiary alicyclic amines) is 1. The molecule has 2 aromatic heterocycles. The first-order valence-electron chi connectivity index (χ1n) is 7.79. The van der Waals surface area contributed by atoms with Crippen LogP contribution in [-0.2, 0) is 17.7 Å². The predicted octanol–water partition coefficient (Wildman–Crippen LogP) is 2.10. The van der Waals surface area contributed by atoms with E-state index in [2.05, 4.69) is 27.6 Å². The lowest BCUT2D eigenvalue weighted by Crippen LogP contribution is -2.30. The topological polar surface area (TPSA) is 43.2 Å². The SMILES string of the molecule is COCCCc1nc2cccnc2n1CC1CCCN1C. The first-order valence-corrected chi connectivity index (χ1v) is 7.79. The van der Waals surface area contributed by atoms with Gasteiger partial charge in [0.05, 0.1) is 0 Å². The number of imidazole rings is 1. The molecule has 2 aromatic rings. The summed E-state index contributed by atoms with van der Waals surface area (Å²) in [5.74, 6) is 1.14. The standard InChI is InChI=1S/C16H24N4O/c1-19-10-4-6-13(19)12-20-15(8-5-11-21-2)18-14-7-3-9-17-16(14)20/h3,7,9,13H,4-6,8,10-12H2,1-2H3. The molecule has 0 radical (unpaired) electrons. The lowest BCUT2D eigenvalue weighted by Gasteiger charge is -2.21. The highest BCUT2D eigenvalue weighted by Gasteiger charge is 2.23. The van der Waals surface area contributed by atoms with Gasteiger partial charge in [-0.2, -0.15) is 0 Å². The lowest BCUT2D eigenvalue weighted by molar-refractivity contribution is 0.194. The third-order valence-corrected chi connectivity index (χ3v) is 4.40. The molecule has 114 valence electrons. The molecular formula is C16H24N4O. The first kappa shape index (κ1) is 14.5. The van der Waals surface area contributed by atoms with E-state index < -0.39 is 0 Å². The molecule has 1 aliphatic heterocycles. The molecule has 3 rings (SSSR count). The molecule has 0 spiro atoms. The van der Waals surface area contributed by atoms with Gasteiger partial charge in [0.2, 0.25) is 0 Å². The molecule has 0 aliphatic carbocycles. The molecule has 0 bridgehead atoms. The van der Waals surface area contributed by atoms with Crippen molar-refractivity contribution in [2.75, 3.05) is 27.3 Å². The third kappa shape index (κ3) is 3.09. The Morgan fingerprint density at radius 3 is 3.10 bits per heavy atom. The van der Waals surface area contributed by atoms with Crippen molar-refractivity contribution in [2.24, 2.45) is 0 Å². The van der Waals surface area contributed by atoms with Gasteiger partial charge in [-0.1, -0.05) is 0 Å². The summed E-state index contributed by atoms with van der Waals surface area (Å²) in [7, 11) is 3.97. The minimum atomic E-state index is 0.602. The van der Waals surface area contributed by atoms with Gasteiger partial charge in [0.1, 0.15) is 11.3 Å². The second-order valence-corrected chi connectivity index (χ2v) is 5.86. The van der Waals surface area contributed by atoms with Crippen LogP contribution in [0.3, 0.4) is 0 Å². The van der Waals surface area contributed by atoms with E-state index in [1.165, 1.54) is 19.4 Å². The van der Waals surface area contributed by atoms with Crippen LogP contribution in [0.15, 0.2) is 18.3 Å². The number of hydrogen-bond donors (Lipinski definition) is 0. The summed E-state index contributed by atoms with van der Waals surface area (Å²) >= 11 is 0. The number of methoxy groups -OCH3 is 1. The number of ether oxygens (including phenoxy) is 1. The third-order valence-electron chi connectivity index (χ3n) is 4.40. The van der Waals surface area contributed by atoms with Gasteiger partial charge in [0.15, 0.2) is 5.65 Å². The molecule has 1 unspecified atom stereocenters. The number of likely N-dealkylation sites (N-methyl/N-ethyl adjacent to an activating group) is 1. The first-order chi connectivity index (χ1) is 10.3. The summed E-state index contributed by atoms with van der Waals surface area (Å²) in [5.41, 5.74) is 2.02. The predicted molar refractivity (Wildman–Crippen MR) is 83.4 cm³/mol. The maximum Gasteiger partial charge on any atom is 0.160 e. The van der Waals surface area contributed by atoms with E-state index in [0.717, 1.165) is 43.0 Å². The molecular weight excluding hydrogens is 264 g/mol. The van der Waals surface area contributed by atoms with E-state index >= 15 is 0 Å². The minimum Gasteiger partial charge on any atom is -0.385 e. The lowest BCUT2D eigenvalue weighted by atomic mass is 10.2. The minimum absolute atomic E-state index is 0.602. The van der Waals surface area contributed by atoms with Crippen molar-refractivity contribution in [3.63, 3.8) is 0 Å². The fourth-order valence-electron chi connectivity index (χ4n) is 3.18. The fourth-order valence-corrected chi connectivity index (χ4v) is 3.18. The van der Waals surface area contributed by atoms with Crippen LogP contribution in [0.25, 0.3) is 11.2 Å². The van der Waals surface area contributed by atoms with Crippen molar-refractivity contribution < 1.29 is 4.74 Å². The summed E-state index contributed by atoms with van der Waals surface area (Å²) in [6.45, 7) is 2.97. The number of hydrogen-bond acceptors (Lipinski definition) is 4. The number of pyridine rings is 1. The largest absolute Gasteiger partial charge is 0.385 e. The zero-order valence-corrected chi connectivity index (χ0v) is 13.0. The second-order valence-electron chi connectivity index (χ2n) is 5.86. The Morgan fingerprint density at radius 1 is 1.43 bits per heavy atom. The maximum absolute atomic E-state index is 5.17. The normalized spacial score (nSPS) is 19.6. The quantitative estimate of drug-likeness (QED) is 0.764. The van der Waals surface area contributed by atoms with E-state index in [0.29, 0.717) is 6.04 Å². The number of rotatable bonds is 6. The van der Waals surface area contributed by atoms with Crippen molar-refractivity contribution in [1.29, 1.82) is 0 Å². The molecule has 5 heteroatoms. The molecule has 0 aromatic carbocycles. The van der Waals surface area contributed by atoms with Crippen LogP contribution in [0.1, 0.15) is 25.1 Å². The van der Waals surface area contributed by atoms with Crippen LogP contribution in [-0.4, -0.2) is 52.8 Å². The van der Waals surface area contributed by atoms with Crippen LogP contribution in [0.5, 0.6) is 0 Å². The molecule has 0 N–H and O–H groups in total. The van der Waals surface area contributed by atoms with Gasteiger partial charge in [0.25, 0.3) is 0 Å². The molecule has 21 heavy (non-hydrogen) atoms. The van der Waals surface area contributed by atoms with Gasteiger partial charge in [-0.25, -0.2) is 9.97 Å². The van der Waals surface area contributed by atoms with Gasteiger partial charge in [0, 0.05) is 38.9 Å². The van der Waals surface area contributed by atoms with Crippen molar-refractivity contribution in [3.05, 3.63) is 24.2 Å². The molecule has 0 saturated carbocycles. The Bertz CT molecular complexity index is 595. The van der Waals surface area contributed by atoms with E-state index in [-0.39, 0.29) is 0 Å². The average molecular weight is 288 g/mol. The summed E-state index contributed by atoms with van der Waals surface area (Å²) in [5, 5.41) is 0. The number of fused-ring (bicyclic) bond motifs is 1. The van der Waals surface area contributed by atoms with Gasteiger partial charge < -0.3 is 14.2 Å². The Labute approximate surface area is 125 Å². The highest BCUT2D eigenvalue weighted by molar-refractivity contribution is 5.71. The molecule has 5 nitrogen and oxygen atoms in total. The van der Waals surface area contributed by atoms with E-state index in [4.69, 9.17) is 9.72 Å². The summed E-state index contributed by atoms with van der Waals surface area (Å²) in [6, 6.07) is 4.61. The van der Waals surface area contributed by atoms with Gasteiger partial charge in [-0.05, 0) is 45.0 Å². The fraction of sp³-hybridized carbons (Fsp3) is 0.625. The Morgan fingerprint density at radius 2 is 2.33 bits per heavy atom. The van der Waals surface area contributed by atoms with Crippen molar-refractivity contribution in [1.82, 2.24) is 19.4 Å². The van der Waals surface area contributed by atoms with Crippen molar-refractivity contribution in [2.45, 2.75) is 38.3 Å². The van der Waals surface area contributed by atoms with Crippen LogP contribution in [0.2, 0.25) is 0 Å². The Hall–Kier alpha value is -1.46. The monoisotopic (exact) mass is 288 g/mol. The summed E-state index contributed by atoms with van der Waals surface area (Å²) < 4.78 is 7.48. The highest BCUT2D eigenvalue weighted by Crippen LogP contribution is 2.21. The van der Waals surface area contributed by atoms with Gasteiger partial charge in [-0.15, -0.1) is 0 Å². The van der Waals surface area contributed by atoms with Crippen LogP contribution in [0.4, 0.5) is 0 Å². The number of aryl methyl sites for hydroxylation is 1. The van der Waals surface area contributed by atoms with Crippen molar-refractivity contribution >= 4 is 11.2 Å². The van der Waals surface area contributed by atoms with Gasteiger partial charge in [-0.3, -0.25) is 0 Å². The number of aromatic nitrogens is 3. The smallest absolute Gasteiger partial charge is 0.160 e. The Balaban J connectivity index is 1.87. The highest BCUT2D eigenvalue weighted by atomic mass is 16.5.